The minimum Gasteiger partial charge on any atom is -0.461 e. The zero-order valence-corrected chi connectivity index (χ0v) is 17.4. The third-order valence-corrected chi connectivity index (χ3v) is 7.15. The third-order valence-electron chi connectivity index (χ3n) is 4.62. The Morgan fingerprint density at radius 2 is 1.86 bits per heavy atom. The largest absolute Gasteiger partial charge is 0.461 e. The predicted molar refractivity (Wildman–Crippen MR) is 108 cm³/mol. The third kappa shape index (κ3) is 3.40. The highest BCUT2D eigenvalue weighted by atomic mass is 32.2. The molecule has 0 fully saturated rings. The van der Waals surface area contributed by atoms with Gasteiger partial charge in [0.1, 0.15) is 0 Å². The van der Waals surface area contributed by atoms with E-state index in [-0.39, 0.29) is 22.9 Å². The van der Waals surface area contributed by atoms with E-state index < -0.39 is 26.6 Å². The number of ether oxygens (including phenoxy) is 1. The second-order valence-electron chi connectivity index (χ2n) is 6.56. The van der Waals surface area contributed by atoms with Gasteiger partial charge in [-0.25, -0.2) is 17.9 Å². The Kier molecular flexibility index (Phi) is 4.87. The zero-order valence-electron chi connectivity index (χ0n) is 15.8. The van der Waals surface area contributed by atoms with Crippen LogP contribution in [-0.2, 0) is 31.1 Å². The van der Waals surface area contributed by atoms with E-state index >= 15 is 0 Å². The van der Waals surface area contributed by atoms with Crippen molar-refractivity contribution < 1.29 is 22.2 Å². The first-order valence-corrected chi connectivity index (χ1v) is 12.1. The van der Waals surface area contributed by atoms with Gasteiger partial charge in [0.2, 0.25) is 0 Å². The number of nitrogens with zero attached hydrogens (tertiary/aromatic N) is 2. The maximum Gasteiger partial charge on any atom is 0.359 e. The van der Waals surface area contributed by atoms with Gasteiger partial charge in [-0.1, -0.05) is 18.2 Å². The summed E-state index contributed by atoms with van der Waals surface area (Å²) >= 11 is 0. The quantitative estimate of drug-likeness (QED) is 0.591. The Labute approximate surface area is 170 Å². The van der Waals surface area contributed by atoms with Crippen molar-refractivity contribution in [3.05, 3.63) is 59.8 Å². The van der Waals surface area contributed by atoms with Crippen LogP contribution in [0.1, 0.15) is 23.0 Å². The van der Waals surface area contributed by atoms with Gasteiger partial charge in [0, 0.05) is 22.3 Å². The lowest BCUT2D eigenvalue weighted by Crippen LogP contribution is -2.12. The number of fused-ring (bicyclic) bond motifs is 3. The summed E-state index contributed by atoms with van der Waals surface area (Å²) in [6.45, 7) is 1.90. The SMILES string of the molecule is CCOC(=O)c1nn(-c2ccc(S(C)(=O)=O)cc2)c2c1CS(=O)c1ccccc1-2. The topological polar surface area (TPSA) is 95.3 Å². The summed E-state index contributed by atoms with van der Waals surface area (Å²) in [6, 6.07) is 13.5. The van der Waals surface area contributed by atoms with E-state index in [9.17, 15) is 17.4 Å². The molecule has 1 aromatic heterocycles. The van der Waals surface area contributed by atoms with Crippen LogP contribution < -0.4 is 0 Å². The van der Waals surface area contributed by atoms with Gasteiger partial charge in [0.15, 0.2) is 15.5 Å². The van der Waals surface area contributed by atoms with Gasteiger partial charge in [-0.15, -0.1) is 0 Å². The number of carbonyl (C=O) groups is 1. The minimum atomic E-state index is -3.33. The number of hydrogen-bond donors (Lipinski definition) is 0. The molecule has 3 aromatic rings. The van der Waals surface area contributed by atoms with Gasteiger partial charge in [-0.05, 0) is 37.3 Å². The van der Waals surface area contributed by atoms with Crippen LogP contribution in [0.4, 0.5) is 0 Å². The zero-order chi connectivity index (χ0) is 20.8. The van der Waals surface area contributed by atoms with Crippen molar-refractivity contribution in [1.29, 1.82) is 0 Å². The van der Waals surface area contributed by atoms with Crippen molar-refractivity contribution in [1.82, 2.24) is 9.78 Å². The van der Waals surface area contributed by atoms with Crippen LogP contribution in [-0.4, -0.2) is 41.2 Å². The van der Waals surface area contributed by atoms with E-state index in [1.807, 2.05) is 18.2 Å². The first-order chi connectivity index (χ1) is 13.8. The van der Waals surface area contributed by atoms with Crippen LogP contribution in [0, 0.1) is 0 Å². The van der Waals surface area contributed by atoms with Gasteiger partial charge in [-0.2, -0.15) is 5.10 Å². The first-order valence-electron chi connectivity index (χ1n) is 8.88. The predicted octanol–water partition coefficient (Wildman–Crippen LogP) is 2.74. The lowest BCUT2D eigenvalue weighted by atomic mass is 10.1. The molecule has 7 nitrogen and oxygen atoms in total. The molecule has 0 N–H and O–H groups in total. The highest BCUT2D eigenvalue weighted by Crippen LogP contribution is 2.39. The molecule has 1 aliphatic rings. The van der Waals surface area contributed by atoms with Crippen molar-refractivity contribution in [3.63, 3.8) is 0 Å². The maximum absolute atomic E-state index is 12.7. The minimum absolute atomic E-state index is 0.122. The molecule has 2 heterocycles. The molecule has 1 unspecified atom stereocenters. The van der Waals surface area contributed by atoms with Crippen LogP contribution in [0.25, 0.3) is 16.9 Å². The molecule has 0 bridgehead atoms. The van der Waals surface area contributed by atoms with Crippen LogP contribution in [0.3, 0.4) is 0 Å². The summed E-state index contributed by atoms with van der Waals surface area (Å²) in [6.07, 6.45) is 1.14. The highest BCUT2D eigenvalue weighted by Gasteiger charge is 2.32. The maximum atomic E-state index is 12.7. The van der Waals surface area contributed by atoms with Crippen LogP contribution in [0.2, 0.25) is 0 Å². The normalized spacial score (nSPS) is 15.4. The van der Waals surface area contributed by atoms with Crippen LogP contribution in [0.5, 0.6) is 0 Å². The standard InChI is InChI=1S/C20H18N2O5S2/c1-3-27-20(23)18-16-12-28(24)17-7-5-4-6-15(17)19(16)22(21-18)13-8-10-14(11-9-13)29(2,25)26/h4-11H,3,12H2,1-2H3. The molecule has 29 heavy (non-hydrogen) atoms. The number of hydrogen-bond acceptors (Lipinski definition) is 6. The van der Waals surface area contributed by atoms with Crippen molar-refractivity contribution >= 4 is 26.6 Å². The molecule has 0 saturated carbocycles. The van der Waals surface area contributed by atoms with Crippen molar-refractivity contribution in [2.24, 2.45) is 0 Å². The number of rotatable bonds is 4. The molecule has 0 saturated heterocycles. The number of sulfone groups is 1. The first kappa shape index (κ1) is 19.5. The summed E-state index contributed by atoms with van der Waals surface area (Å²) in [4.78, 5) is 13.3. The molecular formula is C20H18N2O5S2. The summed E-state index contributed by atoms with van der Waals surface area (Å²) in [5.74, 6) is -0.423. The molecule has 0 spiro atoms. The van der Waals surface area contributed by atoms with E-state index in [1.165, 1.54) is 12.1 Å². The fraction of sp³-hybridized carbons (Fsp3) is 0.200. The average molecular weight is 431 g/mol. The Morgan fingerprint density at radius 3 is 2.52 bits per heavy atom. The monoisotopic (exact) mass is 430 g/mol. The second-order valence-corrected chi connectivity index (χ2v) is 10.00. The van der Waals surface area contributed by atoms with Crippen LogP contribution in [0.15, 0.2) is 58.3 Å². The molecule has 1 atom stereocenters. The van der Waals surface area contributed by atoms with Crippen molar-refractivity contribution in [2.45, 2.75) is 22.5 Å². The number of carbonyl (C=O) groups excluding carboxylic acids is 1. The summed E-state index contributed by atoms with van der Waals surface area (Å²) in [7, 11) is -4.64. The van der Waals surface area contributed by atoms with Crippen LogP contribution >= 0.6 is 0 Å². The fourth-order valence-corrected chi connectivity index (χ4v) is 5.28. The smallest absolute Gasteiger partial charge is 0.359 e. The van der Waals surface area contributed by atoms with E-state index in [1.54, 1.807) is 29.8 Å². The lowest BCUT2D eigenvalue weighted by Gasteiger charge is -2.18. The Morgan fingerprint density at radius 1 is 1.17 bits per heavy atom. The van der Waals surface area contributed by atoms with Gasteiger partial charge in [-0.3, -0.25) is 4.21 Å². The van der Waals surface area contributed by atoms with Crippen molar-refractivity contribution in [3.8, 4) is 16.9 Å². The molecule has 9 heteroatoms. The molecule has 4 rings (SSSR count). The number of aromatic nitrogens is 2. The molecule has 1 aliphatic heterocycles. The summed E-state index contributed by atoms with van der Waals surface area (Å²) in [5, 5.41) is 4.46. The fourth-order valence-electron chi connectivity index (χ4n) is 3.32. The number of benzene rings is 2. The van der Waals surface area contributed by atoms with Gasteiger partial charge < -0.3 is 4.74 Å². The van der Waals surface area contributed by atoms with E-state index in [0.717, 1.165) is 11.8 Å². The second kappa shape index (κ2) is 7.23. The molecule has 0 amide bonds. The molecular weight excluding hydrogens is 412 g/mol. The Balaban J connectivity index is 1.95. The summed E-state index contributed by atoms with van der Waals surface area (Å²) < 4.78 is 43.0. The van der Waals surface area contributed by atoms with Gasteiger partial charge in [0.05, 0.1) is 39.4 Å². The highest BCUT2D eigenvalue weighted by molar-refractivity contribution is 7.90. The van der Waals surface area contributed by atoms with E-state index in [0.29, 0.717) is 21.8 Å². The molecule has 0 radical (unpaired) electrons. The summed E-state index contributed by atoms with van der Waals surface area (Å²) in [5.41, 5.74) is 2.66. The lowest BCUT2D eigenvalue weighted by molar-refractivity contribution is 0.0518. The van der Waals surface area contributed by atoms with E-state index in [4.69, 9.17) is 4.74 Å². The van der Waals surface area contributed by atoms with Crippen molar-refractivity contribution in [2.75, 3.05) is 12.9 Å². The number of esters is 1. The van der Waals surface area contributed by atoms with E-state index in [2.05, 4.69) is 5.10 Å². The van der Waals surface area contributed by atoms with Gasteiger partial charge in [0.25, 0.3) is 0 Å². The Bertz CT molecular complexity index is 1240. The molecule has 2 aromatic carbocycles. The Hall–Kier alpha value is -2.78. The molecule has 0 aliphatic carbocycles. The molecule has 150 valence electrons. The average Bonchev–Trinajstić information content (AvgIpc) is 3.07. The van der Waals surface area contributed by atoms with Gasteiger partial charge >= 0.3 is 5.97 Å².